The highest BCUT2D eigenvalue weighted by molar-refractivity contribution is 5.97. The van der Waals surface area contributed by atoms with Gasteiger partial charge in [-0.2, -0.15) is 0 Å². The van der Waals surface area contributed by atoms with Gasteiger partial charge in [-0.05, 0) is 43.3 Å². The largest absolute Gasteiger partial charge is 0.468 e. The first-order chi connectivity index (χ1) is 14.4. The first kappa shape index (κ1) is 20.7. The molecule has 0 aliphatic carbocycles. The first-order valence-electron chi connectivity index (χ1n) is 9.10. The van der Waals surface area contributed by atoms with Crippen molar-refractivity contribution in [2.24, 2.45) is 0 Å². The Kier molecular flexibility index (Phi) is 6.21. The van der Waals surface area contributed by atoms with Gasteiger partial charge >= 0.3 is 5.97 Å². The Labute approximate surface area is 171 Å². The molecule has 9 nitrogen and oxygen atoms in total. The Balaban J connectivity index is 1.67. The summed E-state index contributed by atoms with van der Waals surface area (Å²) < 4.78 is 5.77. The molecule has 2 N–H and O–H groups in total. The van der Waals surface area contributed by atoms with E-state index >= 15 is 0 Å². The summed E-state index contributed by atoms with van der Waals surface area (Å²) in [4.78, 5) is 52.5. The minimum Gasteiger partial charge on any atom is -0.468 e. The van der Waals surface area contributed by atoms with Crippen LogP contribution in [0.5, 0.6) is 0 Å². The lowest BCUT2D eigenvalue weighted by Gasteiger charge is -2.11. The number of hydrogen-bond donors (Lipinski definition) is 2. The number of carbonyl (C=O) groups is 3. The number of rotatable bonds is 6. The van der Waals surface area contributed by atoms with Crippen molar-refractivity contribution in [3.63, 3.8) is 0 Å². The lowest BCUT2D eigenvalue weighted by molar-refractivity contribution is -0.139. The van der Waals surface area contributed by atoms with Gasteiger partial charge in [-0.1, -0.05) is 12.1 Å². The maximum absolute atomic E-state index is 12.7. The number of nitrogens with zero attached hydrogens (tertiary/aromatic N) is 2. The predicted molar refractivity (Wildman–Crippen MR) is 110 cm³/mol. The van der Waals surface area contributed by atoms with Crippen molar-refractivity contribution in [2.45, 2.75) is 13.5 Å². The highest BCUT2D eigenvalue weighted by atomic mass is 16.5. The minimum atomic E-state index is -0.555. The second-order valence-electron chi connectivity index (χ2n) is 6.45. The summed E-state index contributed by atoms with van der Waals surface area (Å²) in [6, 6.07) is 13.1. The maximum atomic E-state index is 12.7. The van der Waals surface area contributed by atoms with Gasteiger partial charge in [-0.15, -0.1) is 0 Å². The van der Waals surface area contributed by atoms with Gasteiger partial charge in [0.15, 0.2) is 0 Å². The van der Waals surface area contributed by atoms with E-state index in [-0.39, 0.29) is 18.6 Å². The molecule has 0 atom stereocenters. The molecule has 1 aromatic heterocycles. The average molecular weight is 408 g/mol. The van der Waals surface area contributed by atoms with E-state index in [0.29, 0.717) is 28.0 Å². The number of amides is 2. The Morgan fingerprint density at radius 1 is 1.07 bits per heavy atom. The normalized spacial score (nSPS) is 10.5. The van der Waals surface area contributed by atoms with E-state index in [1.807, 2.05) is 0 Å². The zero-order chi connectivity index (χ0) is 21.7. The van der Waals surface area contributed by atoms with Gasteiger partial charge in [-0.25, -0.2) is 4.98 Å². The van der Waals surface area contributed by atoms with Gasteiger partial charge < -0.3 is 15.4 Å². The number of hydrogen-bond acceptors (Lipinski definition) is 6. The number of methoxy groups -OCH3 is 1. The number of nitrogens with one attached hydrogen (secondary N) is 2. The van der Waals surface area contributed by atoms with Crippen molar-refractivity contribution in [3.8, 4) is 0 Å². The van der Waals surface area contributed by atoms with E-state index in [2.05, 4.69) is 20.4 Å². The summed E-state index contributed by atoms with van der Waals surface area (Å²) in [7, 11) is 1.23. The summed E-state index contributed by atoms with van der Waals surface area (Å²) in [5, 5.41) is 5.55. The van der Waals surface area contributed by atoms with Crippen LogP contribution < -0.4 is 16.2 Å². The lowest BCUT2D eigenvalue weighted by atomic mass is 10.2. The third-order valence-corrected chi connectivity index (χ3v) is 4.41. The molecule has 2 aromatic carbocycles. The molecular weight excluding hydrogens is 388 g/mol. The van der Waals surface area contributed by atoms with E-state index in [4.69, 9.17) is 0 Å². The molecule has 0 unspecified atom stereocenters. The van der Waals surface area contributed by atoms with Gasteiger partial charge in [0.1, 0.15) is 18.9 Å². The number of ether oxygens (including phenoxy) is 1. The molecule has 0 spiro atoms. The molecular formula is C21H20N4O5. The van der Waals surface area contributed by atoms with Crippen molar-refractivity contribution in [1.29, 1.82) is 0 Å². The highest BCUT2D eigenvalue weighted by Gasteiger charge is 2.12. The standard InChI is InChI=1S/C21H20N4O5/c1-13-23-17-6-4-3-5-16(17)21(29)25(13)12-18(26)24-15-9-7-14(8-10-15)20(28)22-11-19(27)30-2/h3-10H,11-12H2,1-2H3,(H,22,28)(H,24,26). The summed E-state index contributed by atoms with van der Waals surface area (Å²) in [5.41, 5.74) is 1.08. The van der Waals surface area contributed by atoms with Crippen molar-refractivity contribution < 1.29 is 19.1 Å². The number of para-hydroxylation sites is 1. The lowest BCUT2D eigenvalue weighted by Crippen LogP contribution is -2.30. The fourth-order valence-electron chi connectivity index (χ4n) is 2.84. The van der Waals surface area contributed by atoms with E-state index in [0.717, 1.165) is 0 Å². The molecule has 3 aromatic rings. The van der Waals surface area contributed by atoms with E-state index in [1.165, 1.54) is 23.8 Å². The molecule has 2 amide bonds. The summed E-state index contributed by atoms with van der Waals surface area (Å²) in [5.74, 6) is -0.963. The second kappa shape index (κ2) is 8.99. The van der Waals surface area contributed by atoms with Crippen molar-refractivity contribution in [2.75, 3.05) is 19.0 Å². The predicted octanol–water partition coefficient (Wildman–Crippen LogP) is 1.25. The Morgan fingerprint density at radius 3 is 2.47 bits per heavy atom. The summed E-state index contributed by atoms with van der Waals surface area (Å²) in [6.45, 7) is 1.24. The van der Waals surface area contributed by atoms with Crippen LogP contribution in [0.25, 0.3) is 10.9 Å². The van der Waals surface area contributed by atoms with Crippen LogP contribution in [-0.2, 0) is 20.9 Å². The number of carbonyl (C=O) groups excluding carboxylic acids is 3. The highest BCUT2D eigenvalue weighted by Crippen LogP contribution is 2.11. The summed E-state index contributed by atoms with van der Waals surface area (Å²) >= 11 is 0. The fraction of sp³-hybridized carbons (Fsp3) is 0.190. The van der Waals surface area contributed by atoms with Crippen LogP contribution in [0, 0.1) is 6.92 Å². The summed E-state index contributed by atoms with van der Waals surface area (Å²) in [6.07, 6.45) is 0. The number of esters is 1. The van der Waals surface area contributed by atoms with Crippen LogP contribution in [-0.4, -0.2) is 41.0 Å². The molecule has 30 heavy (non-hydrogen) atoms. The molecule has 0 bridgehead atoms. The molecule has 9 heteroatoms. The number of fused-ring (bicyclic) bond motifs is 1. The zero-order valence-electron chi connectivity index (χ0n) is 16.5. The smallest absolute Gasteiger partial charge is 0.325 e. The van der Waals surface area contributed by atoms with Gasteiger partial charge in [0.2, 0.25) is 5.91 Å². The second-order valence-corrected chi connectivity index (χ2v) is 6.45. The quantitative estimate of drug-likeness (QED) is 0.593. The molecule has 0 saturated heterocycles. The van der Waals surface area contributed by atoms with E-state index in [1.54, 1.807) is 43.3 Å². The number of anilines is 1. The fourth-order valence-corrected chi connectivity index (χ4v) is 2.84. The molecule has 0 saturated carbocycles. The van der Waals surface area contributed by atoms with Crippen molar-refractivity contribution in [1.82, 2.24) is 14.9 Å². The molecule has 0 aliphatic rings. The number of benzene rings is 2. The Morgan fingerprint density at radius 2 is 1.77 bits per heavy atom. The van der Waals surface area contributed by atoms with Crippen LogP contribution in [0.4, 0.5) is 5.69 Å². The van der Waals surface area contributed by atoms with Gasteiger partial charge in [-0.3, -0.25) is 23.7 Å². The van der Waals surface area contributed by atoms with Gasteiger partial charge in [0, 0.05) is 11.3 Å². The van der Waals surface area contributed by atoms with E-state index < -0.39 is 17.8 Å². The van der Waals surface area contributed by atoms with Crippen LogP contribution in [0.15, 0.2) is 53.3 Å². The first-order valence-corrected chi connectivity index (χ1v) is 9.10. The molecule has 0 fully saturated rings. The molecule has 0 aliphatic heterocycles. The van der Waals surface area contributed by atoms with Crippen LogP contribution in [0.2, 0.25) is 0 Å². The third-order valence-electron chi connectivity index (χ3n) is 4.41. The topological polar surface area (TPSA) is 119 Å². The molecule has 3 rings (SSSR count). The van der Waals surface area contributed by atoms with Crippen LogP contribution in [0.3, 0.4) is 0 Å². The zero-order valence-corrected chi connectivity index (χ0v) is 16.5. The van der Waals surface area contributed by atoms with Gasteiger partial charge in [0.25, 0.3) is 11.5 Å². The monoisotopic (exact) mass is 408 g/mol. The van der Waals surface area contributed by atoms with Crippen molar-refractivity contribution >= 4 is 34.4 Å². The van der Waals surface area contributed by atoms with Crippen LogP contribution in [0.1, 0.15) is 16.2 Å². The minimum absolute atomic E-state index is 0.191. The number of aromatic nitrogens is 2. The van der Waals surface area contributed by atoms with Crippen LogP contribution >= 0.6 is 0 Å². The molecule has 154 valence electrons. The average Bonchev–Trinajstić information content (AvgIpc) is 2.75. The Bertz CT molecular complexity index is 1170. The molecule has 0 radical (unpaired) electrons. The number of aryl methyl sites for hydroxylation is 1. The van der Waals surface area contributed by atoms with Gasteiger partial charge in [0.05, 0.1) is 18.0 Å². The SMILES string of the molecule is COC(=O)CNC(=O)c1ccc(NC(=O)Cn2c(C)nc3ccccc3c2=O)cc1. The van der Waals surface area contributed by atoms with E-state index in [9.17, 15) is 19.2 Å². The van der Waals surface area contributed by atoms with Crippen molar-refractivity contribution in [3.05, 3.63) is 70.3 Å². The Hall–Kier alpha value is -4.01. The third kappa shape index (κ3) is 4.69. The maximum Gasteiger partial charge on any atom is 0.325 e. The molecule has 1 heterocycles.